The Bertz CT molecular complexity index is 815. The highest BCUT2D eigenvalue weighted by molar-refractivity contribution is 7.16. The third-order valence-electron chi connectivity index (χ3n) is 5.19. The van der Waals surface area contributed by atoms with E-state index in [1.165, 1.54) is 16.7 Å². The minimum absolute atomic E-state index is 0.000749. The van der Waals surface area contributed by atoms with Crippen molar-refractivity contribution in [1.82, 2.24) is 0 Å². The number of rotatable bonds is 6. The molecular weight excluding hydrogens is 382 g/mol. The van der Waals surface area contributed by atoms with Gasteiger partial charge in [0.15, 0.2) is 11.8 Å². The van der Waals surface area contributed by atoms with Crippen LogP contribution in [0.4, 0.5) is 5.69 Å². The molecule has 1 amide bonds. The Morgan fingerprint density at radius 1 is 1.19 bits per heavy atom. The first-order valence-electron chi connectivity index (χ1n) is 9.26. The number of carbonyl (C=O) groups is 2. The largest absolute Gasteiger partial charge is 0.321 e. The fraction of sp³-hybridized carbons (Fsp3) is 0.400. The standard InChI is InChI=1S/C20H24ClN3O2S/c1-14(20(26)22-17-5-3-4-16(12-17)15(2)25)24-10-8-23(9-11-24)13-18-6-7-19(21)27-18/h3-7,12,14H,8-11,13H2,1-2H3,(H,22,26)/p+2/t14-/m0/s1. The molecule has 3 N–H and O–H groups in total. The van der Waals surface area contributed by atoms with E-state index in [4.69, 9.17) is 11.6 Å². The highest BCUT2D eigenvalue weighted by Crippen LogP contribution is 2.20. The molecule has 2 aromatic rings. The van der Waals surface area contributed by atoms with Gasteiger partial charge in [0.05, 0.1) is 9.21 Å². The zero-order valence-electron chi connectivity index (χ0n) is 15.7. The molecule has 1 atom stereocenters. The summed E-state index contributed by atoms with van der Waals surface area (Å²) in [6.45, 7) is 8.53. The van der Waals surface area contributed by atoms with Crippen LogP contribution >= 0.6 is 22.9 Å². The van der Waals surface area contributed by atoms with Crippen LogP contribution in [-0.4, -0.2) is 43.9 Å². The summed E-state index contributed by atoms with van der Waals surface area (Å²) in [5.41, 5.74) is 1.29. The zero-order chi connectivity index (χ0) is 19.4. The number of hydrogen-bond donors (Lipinski definition) is 3. The summed E-state index contributed by atoms with van der Waals surface area (Å²) in [4.78, 5) is 28.3. The lowest BCUT2D eigenvalue weighted by Gasteiger charge is -2.32. The molecule has 27 heavy (non-hydrogen) atoms. The van der Waals surface area contributed by atoms with E-state index >= 15 is 0 Å². The molecule has 1 saturated heterocycles. The number of thiophene rings is 1. The van der Waals surface area contributed by atoms with Gasteiger partial charge in [0.25, 0.3) is 5.91 Å². The number of carbonyl (C=O) groups excluding carboxylic acids is 2. The van der Waals surface area contributed by atoms with Gasteiger partial charge in [-0.25, -0.2) is 0 Å². The molecule has 5 nitrogen and oxygen atoms in total. The Balaban J connectivity index is 1.51. The normalized spacial score (nSPS) is 20.9. The van der Waals surface area contributed by atoms with Crippen molar-refractivity contribution in [2.45, 2.75) is 26.4 Å². The molecule has 2 heterocycles. The van der Waals surface area contributed by atoms with E-state index in [0.717, 1.165) is 37.1 Å². The molecule has 0 bridgehead atoms. The van der Waals surface area contributed by atoms with E-state index in [1.807, 2.05) is 19.1 Å². The van der Waals surface area contributed by atoms with Crippen molar-refractivity contribution >= 4 is 40.3 Å². The molecule has 1 aromatic heterocycles. The SMILES string of the molecule is CC(=O)c1cccc(NC(=O)[C@H](C)[NH+]2CC[NH+](Cc3ccc(Cl)s3)CC2)c1. The van der Waals surface area contributed by atoms with E-state index in [-0.39, 0.29) is 17.7 Å². The van der Waals surface area contributed by atoms with Gasteiger partial charge >= 0.3 is 0 Å². The monoisotopic (exact) mass is 407 g/mol. The molecule has 144 valence electrons. The molecular formula is C20H26ClN3O2S+2. The number of amides is 1. The maximum absolute atomic E-state index is 12.6. The van der Waals surface area contributed by atoms with Crippen molar-refractivity contribution < 1.29 is 19.4 Å². The van der Waals surface area contributed by atoms with Gasteiger partial charge in [-0.1, -0.05) is 23.7 Å². The third-order valence-corrected chi connectivity index (χ3v) is 6.43. The van der Waals surface area contributed by atoms with Gasteiger partial charge in [-0.2, -0.15) is 0 Å². The second-order valence-electron chi connectivity index (χ2n) is 7.14. The first-order valence-corrected chi connectivity index (χ1v) is 10.5. The van der Waals surface area contributed by atoms with E-state index in [2.05, 4.69) is 11.4 Å². The molecule has 3 rings (SSSR count). The maximum atomic E-state index is 12.6. The number of nitrogens with one attached hydrogen (secondary N) is 3. The fourth-order valence-corrected chi connectivity index (χ4v) is 4.64. The van der Waals surface area contributed by atoms with E-state index in [1.54, 1.807) is 34.4 Å². The van der Waals surface area contributed by atoms with Crippen LogP contribution in [0.3, 0.4) is 0 Å². The molecule has 7 heteroatoms. The molecule has 1 aromatic carbocycles. The first-order chi connectivity index (χ1) is 12.9. The second-order valence-corrected chi connectivity index (χ2v) is 8.94. The smallest absolute Gasteiger partial charge is 0.282 e. The summed E-state index contributed by atoms with van der Waals surface area (Å²) in [7, 11) is 0. The summed E-state index contributed by atoms with van der Waals surface area (Å²) in [5, 5.41) is 2.96. The Morgan fingerprint density at radius 3 is 2.56 bits per heavy atom. The van der Waals surface area contributed by atoms with Crippen LogP contribution in [0.5, 0.6) is 0 Å². The van der Waals surface area contributed by atoms with E-state index < -0.39 is 0 Å². The van der Waals surface area contributed by atoms with Gasteiger partial charge < -0.3 is 15.1 Å². The topological polar surface area (TPSA) is 55.0 Å². The van der Waals surface area contributed by atoms with Crippen LogP contribution in [0.2, 0.25) is 4.34 Å². The van der Waals surface area contributed by atoms with Gasteiger partial charge in [0.2, 0.25) is 0 Å². The lowest BCUT2D eigenvalue weighted by molar-refractivity contribution is -1.02. The van der Waals surface area contributed by atoms with Gasteiger partial charge in [0, 0.05) is 11.3 Å². The van der Waals surface area contributed by atoms with Crippen LogP contribution in [0.25, 0.3) is 0 Å². The lowest BCUT2D eigenvalue weighted by atomic mass is 10.1. The number of hydrogen-bond acceptors (Lipinski definition) is 3. The van der Waals surface area contributed by atoms with E-state index in [9.17, 15) is 9.59 Å². The predicted molar refractivity (Wildman–Crippen MR) is 109 cm³/mol. The summed E-state index contributed by atoms with van der Waals surface area (Å²) in [5.74, 6) is -0.00455. The molecule has 0 radical (unpaired) electrons. The molecule has 1 fully saturated rings. The average Bonchev–Trinajstić information content (AvgIpc) is 3.06. The number of halogens is 1. The van der Waals surface area contributed by atoms with Crippen molar-refractivity contribution in [3.63, 3.8) is 0 Å². The van der Waals surface area contributed by atoms with Crippen LogP contribution in [0.1, 0.15) is 29.1 Å². The van der Waals surface area contributed by atoms with Gasteiger partial charge in [-0.15, -0.1) is 11.3 Å². The second kappa shape index (κ2) is 8.97. The minimum Gasteiger partial charge on any atom is -0.321 e. The zero-order valence-corrected chi connectivity index (χ0v) is 17.3. The number of quaternary nitrogens is 2. The van der Waals surface area contributed by atoms with Crippen molar-refractivity contribution in [2.75, 3.05) is 31.5 Å². The number of Topliss-reactive ketones (excluding diaryl/α,β-unsaturated/α-hetero) is 1. The predicted octanol–water partition coefficient (Wildman–Crippen LogP) is 0.915. The number of piperazine rings is 1. The van der Waals surface area contributed by atoms with Crippen LogP contribution in [0.15, 0.2) is 36.4 Å². The van der Waals surface area contributed by atoms with Crippen molar-refractivity contribution in [3.05, 3.63) is 51.2 Å². The molecule has 0 unspecified atom stereocenters. The molecule has 0 aliphatic carbocycles. The van der Waals surface area contributed by atoms with Crippen LogP contribution in [-0.2, 0) is 11.3 Å². The highest BCUT2D eigenvalue weighted by Gasteiger charge is 2.31. The quantitative estimate of drug-likeness (QED) is 0.623. The highest BCUT2D eigenvalue weighted by atomic mass is 35.5. The van der Waals surface area contributed by atoms with Gasteiger partial charge in [0.1, 0.15) is 32.7 Å². The average molecular weight is 408 g/mol. The Hall–Kier alpha value is -1.73. The Morgan fingerprint density at radius 2 is 1.93 bits per heavy atom. The van der Waals surface area contributed by atoms with Crippen LogP contribution in [0, 0.1) is 0 Å². The minimum atomic E-state index is -0.122. The number of ketones is 1. The van der Waals surface area contributed by atoms with Crippen LogP contribution < -0.4 is 15.1 Å². The van der Waals surface area contributed by atoms with Crippen molar-refractivity contribution in [3.8, 4) is 0 Å². The summed E-state index contributed by atoms with van der Waals surface area (Å²) >= 11 is 7.66. The Kier molecular flexibility index (Phi) is 6.65. The molecule has 1 aliphatic rings. The fourth-order valence-electron chi connectivity index (χ4n) is 3.48. The van der Waals surface area contributed by atoms with Gasteiger partial charge in [-0.3, -0.25) is 9.59 Å². The number of benzene rings is 1. The molecule has 1 aliphatic heterocycles. The maximum Gasteiger partial charge on any atom is 0.282 e. The van der Waals surface area contributed by atoms with Gasteiger partial charge in [-0.05, 0) is 38.1 Å². The van der Waals surface area contributed by atoms with Crippen molar-refractivity contribution in [1.29, 1.82) is 0 Å². The Labute approximate surface area is 168 Å². The lowest BCUT2D eigenvalue weighted by Crippen LogP contribution is -3.29. The first kappa shape index (κ1) is 20.0. The summed E-state index contributed by atoms with van der Waals surface area (Å²) in [6.07, 6.45) is 0. The summed E-state index contributed by atoms with van der Waals surface area (Å²) in [6, 6.07) is 11.0. The van der Waals surface area contributed by atoms with E-state index in [0.29, 0.717) is 11.3 Å². The molecule has 0 spiro atoms. The number of anilines is 1. The van der Waals surface area contributed by atoms with Crippen molar-refractivity contribution in [2.24, 2.45) is 0 Å². The third kappa shape index (κ3) is 5.39. The summed E-state index contributed by atoms with van der Waals surface area (Å²) < 4.78 is 0.841. The molecule has 0 saturated carbocycles.